The summed E-state index contributed by atoms with van der Waals surface area (Å²) in [4.78, 5) is 12.1. The van der Waals surface area contributed by atoms with Crippen LogP contribution in [-0.2, 0) is 10.2 Å². The molecule has 0 saturated heterocycles. The Hall–Kier alpha value is -1.87. The highest BCUT2D eigenvalue weighted by Gasteiger charge is 2.31. The molecule has 3 heteroatoms. The zero-order valence-corrected chi connectivity index (χ0v) is 11.0. The fourth-order valence-corrected chi connectivity index (χ4v) is 2.14. The van der Waals surface area contributed by atoms with Gasteiger partial charge in [-0.1, -0.05) is 42.5 Å². The van der Waals surface area contributed by atoms with Gasteiger partial charge in [-0.3, -0.25) is 9.80 Å². The SMILES string of the molecule is CN(N)C(=O)C(C)(C)c1ccc2ccccc2c1. The molecule has 0 aromatic heterocycles. The van der Waals surface area contributed by atoms with Crippen molar-refractivity contribution in [2.24, 2.45) is 5.84 Å². The molecule has 0 spiro atoms. The summed E-state index contributed by atoms with van der Waals surface area (Å²) in [5.74, 6) is 5.46. The van der Waals surface area contributed by atoms with Crippen LogP contribution in [0.5, 0.6) is 0 Å². The van der Waals surface area contributed by atoms with E-state index in [0.717, 1.165) is 16.0 Å². The molecule has 0 atom stereocenters. The van der Waals surface area contributed by atoms with Gasteiger partial charge in [0.15, 0.2) is 0 Å². The van der Waals surface area contributed by atoms with Crippen molar-refractivity contribution in [1.82, 2.24) is 5.01 Å². The van der Waals surface area contributed by atoms with E-state index in [1.54, 1.807) is 7.05 Å². The van der Waals surface area contributed by atoms with Crippen molar-refractivity contribution in [2.45, 2.75) is 19.3 Å². The molecule has 0 fully saturated rings. The summed E-state index contributed by atoms with van der Waals surface area (Å²) in [7, 11) is 1.57. The number of nitrogens with zero attached hydrogens (tertiary/aromatic N) is 1. The van der Waals surface area contributed by atoms with Gasteiger partial charge in [0.05, 0.1) is 5.41 Å². The Morgan fingerprint density at radius 1 is 1.11 bits per heavy atom. The van der Waals surface area contributed by atoms with E-state index in [4.69, 9.17) is 5.84 Å². The second-order valence-electron chi connectivity index (χ2n) is 5.10. The van der Waals surface area contributed by atoms with E-state index in [-0.39, 0.29) is 5.91 Å². The molecule has 0 radical (unpaired) electrons. The minimum atomic E-state index is -0.618. The molecule has 0 heterocycles. The third kappa shape index (κ3) is 2.09. The standard InChI is InChI=1S/C15H18N2O/c1-15(2,14(18)17(3)16)13-9-8-11-6-4-5-7-12(11)10-13/h4-10H,16H2,1-3H3. The average molecular weight is 242 g/mol. The Balaban J connectivity index is 2.50. The van der Waals surface area contributed by atoms with Gasteiger partial charge in [-0.25, -0.2) is 5.84 Å². The minimum Gasteiger partial charge on any atom is -0.283 e. The van der Waals surface area contributed by atoms with Gasteiger partial charge in [-0.2, -0.15) is 0 Å². The fourth-order valence-electron chi connectivity index (χ4n) is 2.14. The quantitative estimate of drug-likeness (QED) is 0.499. The Labute approximate surface area is 107 Å². The molecule has 2 aromatic carbocycles. The average Bonchev–Trinajstić information content (AvgIpc) is 2.37. The summed E-state index contributed by atoms with van der Waals surface area (Å²) in [6, 6.07) is 14.2. The van der Waals surface area contributed by atoms with Gasteiger partial charge < -0.3 is 0 Å². The van der Waals surface area contributed by atoms with Gasteiger partial charge in [0.2, 0.25) is 5.91 Å². The monoisotopic (exact) mass is 242 g/mol. The number of nitrogens with two attached hydrogens (primary N) is 1. The molecular formula is C15H18N2O. The second-order valence-corrected chi connectivity index (χ2v) is 5.10. The highest BCUT2D eigenvalue weighted by atomic mass is 16.2. The molecule has 2 aromatic rings. The highest BCUT2D eigenvalue weighted by Crippen LogP contribution is 2.27. The summed E-state index contributed by atoms with van der Waals surface area (Å²) in [6.07, 6.45) is 0. The van der Waals surface area contributed by atoms with Gasteiger partial charge in [0.25, 0.3) is 0 Å². The maximum atomic E-state index is 12.1. The predicted octanol–water partition coefficient (Wildman–Crippen LogP) is 2.45. The van der Waals surface area contributed by atoms with Crippen LogP contribution in [0.15, 0.2) is 42.5 Å². The fraction of sp³-hybridized carbons (Fsp3) is 0.267. The number of fused-ring (bicyclic) bond motifs is 1. The number of hydrazine groups is 1. The molecule has 0 aliphatic rings. The first kappa shape index (κ1) is 12.6. The zero-order chi connectivity index (χ0) is 13.3. The van der Waals surface area contributed by atoms with Gasteiger partial charge in [0, 0.05) is 7.05 Å². The first-order valence-electron chi connectivity index (χ1n) is 5.95. The number of likely N-dealkylation sites (N-methyl/N-ethyl adjacent to an activating group) is 1. The van der Waals surface area contributed by atoms with Crippen LogP contribution in [0.4, 0.5) is 0 Å². The molecule has 0 aliphatic carbocycles. The van der Waals surface area contributed by atoms with Crippen LogP contribution >= 0.6 is 0 Å². The van der Waals surface area contributed by atoms with Crippen LogP contribution in [-0.4, -0.2) is 18.0 Å². The van der Waals surface area contributed by atoms with Crippen LogP contribution in [0.25, 0.3) is 10.8 Å². The van der Waals surface area contributed by atoms with Gasteiger partial charge in [-0.15, -0.1) is 0 Å². The van der Waals surface area contributed by atoms with Crippen LogP contribution in [0.1, 0.15) is 19.4 Å². The van der Waals surface area contributed by atoms with Crippen LogP contribution in [0.3, 0.4) is 0 Å². The maximum Gasteiger partial charge on any atom is 0.246 e. The Morgan fingerprint density at radius 2 is 1.72 bits per heavy atom. The summed E-state index contributed by atoms with van der Waals surface area (Å²) in [5, 5.41) is 3.45. The van der Waals surface area contributed by atoms with E-state index in [1.165, 1.54) is 5.39 Å². The largest absolute Gasteiger partial charge is 0.283 e. The lowest BCUT2D eigenvalue weighted by molar-refractivity contribution is -0.135. The summed E-state index contributed by atoms with van der Waals surface area (Å²) in [5.41, 5.74) is 0.358. The summed E-state index contributed by atoms with van der Waals surface area (Å²) >= 11 is 0. The van der Waals surface area contributed by atoms with Crippen molar-refractivity contribution >= 4 is 16.7 Å². The molecule has 1 amide bonds. The molecule has 2 N–H and O–H groups in total. The number of carbonyl (C=O) groups excluding carboxylic acids is 1. The summed E-state index contributed by atoms with van der Waals surface area (Å²) < 4.78 is 0. The summed E-state index contributed by atoms with van der Waals surface area (Å²) in [6.45, 7) is 3.78. The Morgan fingerprint density at radius 3 is 2.33 bits per heavy atom. The maximum absolute atomic E-state index is 12.1. The van der Waals surface area contributed by atoms with Crippen LogP contribution in [0.2, 0.25) is 0 Å². The van der Waals surface area contributed by atoms with Crippen LogP contribution in [0, 0.1) is 0 Å². The molecule has 94 valence electrons. The molecule has 0 bridgehead atoms. The number of hydrogen-bond donors (Lipinski definition) is 1. The number of benzene rings is 2. The normalized spacial score (nSPS) is 11.6. The molecule has 0 unspecified atom stereocenters. The minimum absolute atomic E-state index is 0.0993. The lowest BCUT2D eigenvalue weighted by Gasteiger charge is -2.27. The van der Waals surface area contributed by atoms with Crippen molar-refractivity contribution in [3.05, 3.63) is 48.0 Å². The molecule has 18 heavy (non-hydrogen) atoms. The van der Waals surface area contributed by atoms with Crippen molar-refractivity contribution in [3.8, 4) is 0 Å². The second kappa shape index (κ2) is 4.42. The predicted molar refractivity (Wildman–Crippen MR) is 73.9 cm³/mol. The Bertz CT molecular complexity index is 588. The Kier molecular flexibility index (Phi) is 3.09. The van der Waals surface area contributed by atoms with E-state index in [2.05, 4.69) is 12.1 Å². The van der Waals surface area contributed by atoms with Crippen molar-refractivity contribution in [1.29, 1.82) is 0 Å². The number of hydrogen-bond acceptors (Lipinski definition) is 2. The number of rotatable bonds is 2. The topological polar surface area (TPSA) is 46.3 Å². The zero-order valence-electron chi connectivity index (χ0n) is 11.0. The molecule has 0 aliphatic heterocycles. The van der Waals surface area contributed by atoms with Gasteiger partial charge >= 0.3 is 0 Å². The van der Waals surface area contributed by atoms with Gasteiger partial charge in [-0.05, 0) is 30.2 Å². The lowest BCUT2D eigenvalue weighted by atomic mass is 9.82. The molecule has 2 rings (SSSR count). The first-order chi connectivity index (χ1) is 8.43. The highest BCUT2D eigenvalue weighted by molar-refractivity contribution is 5.89. The lowest BCUT2D eigenvalue weighted by Crippen LogP contribution is -2.44. The van der Waals surface area contributed by atoms with Crippen molar-refractivity contribution < 1.29 is 4.79 Å². The van der Waals surface area contributed by atoms with Crippen LogP contribution < -0.4 is 5.84 Å². The third-order valence-corrected chi connectivity index (χ3v) is 3.33. The van der Waals surface area contributed by atoms with E-state index in [9.17, 15) is 4.79 Å². The van der Waals surface area contributed by atoms with E-state index in [1.807, 2.05) is 44.2 Å². The third-order valence-electron chi connectivity index (χ3n) is 3.33. The van der Waals surface area contributed by atoms with Crippen molar-refractivity contribution in [3.63, 3.8) is 0 Å². The molecule has 0 saturated carbocycles. The van der Waals surface area contributed by atoms with Crippen molar-refractivity contribution in [2.75, 3.05) is 7.05 Å². The molecular weight excluding hydrogens is 224 g/mol. The molecule has 3 nitrogen and oxygen atoms in total. The van der Waals surface area contributed by atoms with E-state index in [0.29, 0.717) is 0 Å². The smallest absolute Gasteiger partial charge is 0.246 e. The van der Waals surface area contributed by atoms with Gasteiger partial charge in [0.1, 0.15) is 0 Å². The van der Waals surface area contributed by atoms with E-state index < -0.39 is 5.41 Å². The number of amides is 1. The number of carbonyl (C=O) groups is 1. The van der Waals surface area contributed by atoms with E-state index >= 15 is 0 Å². The first-order valence-corrected chi connectivity index (χ1v) is 5.95.